The molecule has 6 heteroatoms. The van der Waals surface area contributed by atoms with Crippen LogP contribution in [0.2, 0.25) is 5.02 Å². The van der Waals surface area contributed by atoms with Crippen molar-refractivity contribution >= 4 is 23.5 Å². The van der Waals surface area contributed by atoms with E-state index >= 15 is 0 Å². The molecule has 0 fully saturated rings. The van der Waals surface area contributed by atoms with Crippen LogP contribution in [-0.4, -0.2) is 25.0 Å². The topological polar surface area (TPSA) is 55.4 Å². The summed E-state index contributed by atoms with van der Waals surface area (Å²) in [6, 6.07) is 11.9. The van der Waals surface area contributed by atoms with Crippen molar-refractivity contribution in [2.45, 2.75) is 18.9 Å². The molecule has 0 aliphatic heterocycles. The third-order valence-electron chi connectivity index (χ3n) is 3.40. The molecule has 2 rings (SSSR count). The van der Waals surface area contributed by atoms with Gasteiger partial charge in [0.1, 0.15) is 11.9 Å². The van der Waals surface area contributed by atoms with E-state index in [9.17, 15) is 14.0 Å². The van der Waals surface area contributed by atoms with E-state index in [1.807, 2.05) is 0 Å². The molecule has 0 spiro atoms. The average Bonchev–Trinajstić information content (AvgIpc) is 2.53. The van der Waals surface area contributed by atoms with Crippen LogP contribution >= 0.6 is 11.6 Å². The first-order chi connectivity index (χ1) is 11.5. The Balaban J connectivity index is 2.05. The molecule has 0 bridgehead atoms. The molecule has 2 aromatic carbocycles. The molecule has 0 radical (unpaired) electrons. The lowest BCUT2D eigenvalue weighted by Gasteiger charge is -2.17. The zero-order valence-corrected chi connectivity index (χ0v) is 13.8. The Bertz CT molecular complexity index is 736. The van der Waals surface area contributed by atoms with E-state index < -0.39 is 23.7 Å². The normalized spacial score (nSPS) is 11.6. The van der Waals surface area contributed by atoms with Gasteiger partial charge in [-0.05, 0) is 35.4 Å². The molecule has 4 nitrogen and oxygen atoms in total. The quantitative estimate of drug-likeness (QED) is 0.816. The number of esters is 1. The highest BCUT2D eigenvalue weighted by Crippen LogP contribution is 2.13. The second kappa shape index (κ2) is 8.45. The van der Waals surface area contributed by atoms with Gasteiger partial charge in [0, 0.05) is 11.4 Å². The zero-order valence-electron chi connectivity index (χ0n) is 13.1. The van der Waals surface area contributed by atoms with Crippen LogP contribution < -0.4 is 5.32 Å². The third-order valence-corrected chi connectivity index (χ3v) is 3.64. The standard InChI is InChI=1S/C18H17ClFNO3/c1-24-18(23)16(10-12-4-2-6-14(19)8-12)21-17(22)11-13-5-3-7-15(20)9-13/h2-9,16H,10-11H2,1H3,(H,21,22)/t16-/m1/s1. The molecule has 0 heterocycles. The molecule has 0 aromatic heterocycles. The van der Waals surface area contributed by atoms with Crippen molar-refractivity contribution in [2.75, 3.05) is 7.11 Å². The van der Waals surface area contributed by atoms with Gasteiger partial charge in [0.25, 0.3) is 0 Å². The maximum atomic E-state index is 13.2. The van der Waals surface area contributed by atoms with Crippen LogP contribution in [0.5, 0.6) is 0 Å². The van der Waals surface area contributed by atoms with Crippen LogP contribution in [0.15, 0.2) is 48.5 Å². The van der Waals surface area contributed by atoms with Crippen molar-refractivity contribution in [2.24, 2.45) is 0 Å². The summed E-state index contributed by atoms with van der Waals surface area (Å²) >= 11 is 5.93. The van der Waals surface area contributed by atoms with Crippen molar-refractivity contribution in [3.8, 4) is 0 Å². The van der Waals surface area contributed by atoms with E-state index in [0.717, 1.165) is 5.56 Å². The molecule has 0 aliphatic rings. The monoisotopic (exact) mass is 349 g/mol. The van der Waals surface area contributed by atoms with Crippen LogP contribution in [0, 0.1) is 5.82 Å². The van der Waals surface area contributed by atoms with E-state index in [2.05, 4.69) is 5.32 Å². The van der Waals surface area contributed by atoms with Gasteiger partial charge in [-0.3, -0.25) is 4.79 Å². The minimum absolute atomic E-state index is 0.0270. The number of carbonyl (C=O) groups excluding carboxylic acids is 2. The fraction of sp³-hybridized carbons (Fsp3) is 0.222. The predicted molar refractivity (Wildman–Crippen MR) is 89.2 cm³/mol. The highest BCUT2D eigenvalue weighted by Gasteiger charge is 2.22. The van der Waals surface area contributed by atoms with Gasteiger partial charge in [-0.15, -0.1) is 0 Å². The fourth-order valence-corrected chi connectivity index (χ4v) is 2.53. The summed E-state index contributed by atoms with van der Waals surface area (Å²) in [6.45, 7) is 0. The second-order valence-corrected chi connectivity index (χ2v) is 5.72. The highest BCUT2D eigenvalue weighted by molar-refractivity contribution is 6.30. The Kier molecular flexibility index (Phi) is 6.32. The number of methoxy groups -OCH3 is 1. The van der Waals surface area contributed by atoms with Crippen LogP contribution in [0.1, 0.15) is 11.1 Å². The lowest BCUT2D eigenvalue weighted by molar-refractivity contribution is -0.145. The Labute approximate surface area is 144 Å². The van der Waals surface area contributed by atoms with Gasteiger partial charge >= 0.3 is 5.97 Å². The van der Waals surface area contributed by atoms with Gasteiger partial charge in [0.2, 0.25) is 5.91 Å². The zero-order chi connectivity index (χ0) is 17.5. The first-order valence-electron chi connectivity index (χ1n) is 7.34. The maximum absolute atomic E-state index is 13.2. The van der Waals surface area contributed by atoms with E-state index in [1.165, 1.54) is 25.3 Å². The van der Waals surface area contributed by atoms with E-state index in [0.29, 0.717) is 10.6 Å². The molecule has 1 atom stereocenters. The van der Waals surface area contributed by atoms with Gasteiger partial charge in [-0.1, -0.05) is 35.9 Å². The number of amides is 1. The Morgan fingerprint density at radius 1 is 1.17 bits per heavy atom. The number of hydrogen-bond donors (Lipinski definition) is 1. The molecule has 0 saturated carbocycles. The lowest BCUT2D eigenvalue weighted by atomic mass is 10.1. The fourth-order valence-electron chi connectivity index (χ4n) is 2.31. The first kappa shape index (κ1) is 17.9. The third kappa shape index (κ3) is 5.35. The predicted octanol–water partition coefficient (Wildman–Crippen LogP) is 2.92. The summed E-state index contributed by atoms with van der Waals surface area (Å²) in [5.74, 6) is -1.36. The van der Waals surface area contributed by atoms with E-state index in [4.69, 9.17) is 16.3 Å². The van der Waals surface area contributed by atoms with Crippen LogP contribution in [0.4, 0.5) is 4.39 Å². The van der Waals surface area contributed by atoms with E-state index in [-0.39, 0.29) is 12.8 Å². The summed E-state index contributed by atoms with van der Waals surface area (Å²) in [5.41, 5.74) is 1.32. The molecule has 1 N–H and O–H groups in total. The molecule has 0 aliphatic carbocycles. The van der Waals surface area contributed by atoms with Gasteiger partial charge < -0.3 is 10.1 Å². The van der Waals surface area contributed by atoms with Gasteiger partial charge in [0.05, 0.1) is 13.5 Å². The van der Waals surface area contributed by atoms with Crippen molar-refractivity contribution in [3.05, 3.63) is 70.5 Å². The first-order valence-corrected chi connectivity index (χ1v) is 7.72. The molecule has 0 unspecified atom stereocenters. The van der Waals surface area contributed by atoms with Crippen LogP contribution in [-0.2, 0) is 27.2 Å². The number of hydrogen-bond acceptors (Lipinski definition) is 3. The Hall–Kier alpha value is -2.40. The molecule has 126 valence electrons. The molecule has 0 saturated heterocycles. The molecular formula is C18H17ClFNO3. The van der Waals surface area contributed by atoms with Crippen molar-refractivity contribution in [3.63, 3.8) is 0 Å². The number of carbonyl (C=O) groups is 2. The van der Waals surface area contributed by atoms with E-state index in [1.54, 1.807) is 30.3 Å². The van der Waals surface area contributed by atoms with Crippen molar-refractivity contribution in [1.29, 1.82) is 0 Å². The number of nitrogens with one attached hydrogen (secondary N) is 1. The SMILES string of the molecule is COC(=O)[C@@H](Cc1cccc(Cl)c1)NC(=O)Cc1cccc(F)c1. The molecular weight excluding hydrogens is 333 g/mol. The summed E-state index contributed by atoms with van der Waals surface area (Å²) in [5, 5.41) is 3.17. The number of halogens is 2. The van der Waals surface area contributed by atoms with Gasteiger partial charge in [-0.2, -0.15) is 0 Å². The molecule has 2 aromatic rings. The number of benzene rings is 2. The largest absolute Gasteiger partial charge is 0.467 e. The molecule has 24 heavy (non-hydrogen) atoms. The van der Waals surface area contributed by atoms with Crippen molar-refractivity contribution < 1.29 is 18.7 Å². The minimum Gasteiger partial charge on any atom is -0.467 e. The highest BCUT2D eigenvalue weighted by atomic mass is 35.5. The summed E-state index contributed by atoms with van der Waals surface area (Å²) in [6.07, 6.45) is 0.225. The molecule has 1 amide bonds. The van der Waals surface area contributed by atoms with Crippen LogP contribution in [0.25, 0.3) is 0 Å². The summed E-state index contributed by atoms with van der Waals surface area (Å²) in [4.78, 5) is 24.1. The van der Waals surface area contributed by atoms with Gasteiger partial charge in [-0.25, -0.2) is 9.18 Å². The number of ether oxygens (including phenoxy) is 1. The average molecular weight is 350 g/mol. The maximum Gasteiger partial charge on any atom is 0.328 e. The minimum atomic E-state index is -0.838. The summed E-state index contributed by atoms with van der Waals surface area (Å²) in [7, 11) is 1.26. The van der Waals surface area contributed by atoms with Crippen molar-refractivity contribution in [1.82, 2.24) is 5.32 Å². The Morgan fingerprint density at radius 2 is 1.88 bits per heavy atom. The lowest BCUT2D eigenvalue weighted by Crippen LogP contribution is -2.43. The smallest absolute Gasteiger partial charge is 0.328 e. The second-order valence-electron chi connectivity index (χ2n) is 5.28. The van der Waals surface area contributed by atoms with Crippen LogP contribution in [0.3, 0.4) is 0 Å². The Morgan fingerprint density at radius 3 is 2.54 bits per heavy atom. The van der Waals surface area contributed by atoms with Gasteiger partial charge in [0.15, 0.2) is 0 Å². The summed E-state index contributed by atoms with van der Waals surface area (Å²) < 4.78 is 17.9. The number of rotatable bonds is 6.